The van der Waals surface area contributed by atoms with Crippen molar-refractivity contribution in [2.24, 2.45) is 5.92 Å². The number of rotatable bonds is 10. The van der Waals surface area contributed by atoms with E-state index in [9.17, 15) is 24.3 Å². The van der Waals surface area contributed by atoms with E-state index in [4.69, 9.17) is 60.6 Å². The quantitative estimate of drug-likeness (QED) is 0.135. The van der Waals surface area contributed by atoms with E-state index in [2.05, 4.69) is 13.8 Å². The van der Waals surface area contributed by atoms with Gasteiger partial charge in [-0.25, -0.2) is 0 Å². The van der Waals surface area contributed by atoms with Gasteiger partial charge in [0.1, 0.15) is 11.5 Å². The van der Waals surface area contributed by atoms with Gasteiger partial charge in [-0.3, -0.25) is 28.3 Å². The topological polar surface area (TPSA) is 126 Å². The average molecular weight is 883 g/mol. The maximum atomic E-state index is 13.4. The summed E-state index contributed by atoms with van der Waals surface area (Å²) in [6.07, 6.45) is 0.861. The van der Waals surface area contributed by atoms with Gasteiger partial charge < -0.3 is 19.3 Å². The van der Waals surface area contributed by atoms with E-state index in [-0.39, 0.29) is 34.4 Å². The fraction of sp³-hybridized carbons (Fsp3) is 0.289. The Morgan fingerprint density at radius 2 is 1.22 bits per heavy atom. The van der Waals surface area contributed by atoms with Crippen LogP contribution in [0.15, 0.2) is 66.7 Å². The number of aromatic nitrogens is 2. The summed E-state index contributed by atoms with van der Waals surface area (Å²) >= 11 is 25.2. The van der Waals surface area contributed by atoms with Gasteiger partial charge in [0.15, 0.2) is 5.75 Å². The van der Waals surface area contributed by atoms with Gasteiger partial charge in [0, 0.05) is 44.7 Å². The lowest BCUT2D eigenvalue weighted by molar-refractivity contribution is -0.140. The van der Waals surface area contributed by atoms with Crippen molar-refractivity contribution in [3.8, 4) is 17.2 Å². The minimum atomic E-state index is -0.972. The van der Waals surface area contributed by atoms with Gasteiger partial charge in [0.25, 0.3) is 11.8 Å². The van der Waals surface area contributed by atoms with Crippen molar-refractivity contribution < 1.29 is 38.5 Å². The number of carboxylic acid groups (broad SMARTS) is 1. The number of hydrogen-bond donors (Lipinski definition) is 1. The molecule has 2 atom stereocenters. The molecule has 0 fully saturated rings. The number of hydrogen-bond acceptors (Lipinski definition) is 7. The van der Waals surface area contributed by atoms with E-state index in [1.807, 2.05) is 19.9 Å². The van der Waals surface area contributed by atoms with Crippen LogP contribution in [-0.2, 0) is 9.59 Å². The van der Waals surface area contributed by atoms with Gasteiger partial charge in [0.05, 0.1) is 52.3 Å². The predicted octanol–water partition coefficient (Wildman–Crippen LogP) is 12.2. The van der Waals surface area contributed by atoms with Crippen molar-refractivity contribution in [2.45, 2.75) is 66.7 Å². The number of aliphatic carboxylic acids is 1. The fourth-order valence-corrected chi connectivity index (χ4v) is 8.23. The Labute approximate surface area is 362 Å². The van der Waals surface area contributed by atoms with Gasteiger partial charge >= 0.3 is 11.9 Å². The number of fused-ring (bicyclic) bond motifs is 2. The van der Waals surface area contributed by atoms with E-state index in [0.717, 1.165) is 12.0 Å². The SMILES string of the molecule is CC[C@H](C)c1cc2c(c(Cl)c1OC)c(OC(C)=O)c(C)n2C(=O)c1ccc(Cl)cc1.COc1ccc2c(c1Cl)c(C(C(=O)O)C(C)C)c(C)n2C(=O)c1ccc(Cl)cc1. The lowest BCUT2D eigenvalue weighted by Crippen LogP contribution is -2.19. The van der Waals surface area contributed by atoms with Crippen LogP contribution >= 0.6 is 46.4 Å². The molecule has 0 radical (unpaired) electrons. The molecule has 2 heterocycles. The van der Waals surface area contributed by atoms with Crippen LogP contribution in [0.4, 0.5) is 0 Å². The Bertz CT molecular complexity index is 2590. The van der Waals surface area contributed by atoms with E-state index in [1.165, 1.54) is 23.2 Å². The number of benzene rings is 4. The van der Waals surface area contributed by atoms with Crippen molar-refractivity contribution in [2.75, 3.05) is 14.2 Å². The van der Waals surface area contributed by atoms with Crippen LogP contribution in [0, 0.1) is 19.8 Å². The Kier molecular flexibility index (Phi) is 14.1. The summed E-state index contributed by atoms with van der Waals surface area (Å²) in [5.41, 5.74) is 4.40. The molecule has 310 valence electrons. The zero-order chi connectivity index (χ0) is 43.6. The molecule has 4 aromatic carbocycles. The standard InChI is InChI=1S/C23H23Cl2NO4.C22H21Cl2NO4/c1-6-12(2)17-11-18-19(20(25)22(17)29-5)21(30-14(4)27)13(3)26(18)23(28)15-7-9-16(24)10-8-15;1-11(2)17(22(27)28)18-12(3)25(21(26)13-5-7-14(23)8-6-13)15-9-10-16(29-4)20(24)19(15)18/h7-12H,6H2,1-5H3;5-11,17H,1-4H3,(H,27,28)/t12-;/m0./s1. The first-order chi connectivity index (χ1) is 27.9. The molecule has 2 aromatic heterocycles. The highest BCUT2D eigenvalue weighted by Crippen LogP contribution is 2.47. The smallest absolute Gasteiger partial charge is 0.311 e. The van der Waals surface area contributed by atoms with Gasteiger partial charge in [-0.2, -0.15) is 0 Å². The van der Waals surface area contributed by atoms with Crippen LogP contribution in [0.3, 0.4) is 0 Å². The second kappa shape index (κ2) is 18.5. The molecule has 0 saturated heterocycles. The third-order valence-electron chi connectivity index (χ3n) is 10.3. The second-order valence-corrected chi connectivity index (χ2v) is 16.0. The summed E-state index contributed by atoms with van der Waals surface area (Å²) in [7, 11) is 3.04. The van der Waals surface area contributed by atoms with Crippen molar-refractivity contribution in [1.29, 1.82) is 0 Å². The van der Waals surface area contributed by atoms with Crippen LogP contribution in [-0.4, -0.2) is 52.2 Å². The summed E-state index contributed by atoms with van der Waals surface area (Å²) in [4.78, 5) is 50.6. The third-order valence-corrected chi connectivity index (χ3v) is 11.6. The molecule has 59 heavy (non-hydrogen) atoms. The molecule has 0 aliphatic rings. The van der Waals surface area contributed by atoms with Crippen LogP contribution in [0.2, 0.25) is 20.1 Å². The Hall–Kier alpha value is -5.00. The highest BCUT2D eigenvalue weighted by atomic mass is 35.5. The van der Waals surface area contributed by atoms with Crippen molar-refractivity contribution in [3.63, 3.8) is 0 Å². The molecule has 0 aliphatic heterocycles. The molecule has 14 heteroatoms. The van der Waals surface area contributed by atoms with Crippen LogP contribution in [0.5, 0.6) is 17.2 Å². The number of carboxylic acids is 1. The van der Waals surface area contributed by atoms with Crippen LogP contribution < -0.4 is 14.2 Å². The van der Waals surface area contributed by atoms with Gasteiger partial charge in [-0.05, 0) is 104 Å². The Morgan fingerprint density at radius 3 is 1.66 bits per heavy atom. The number of esters is 1. The number of methoxy groups -OCH3 is 2. The Balaban J connectivity index is 0.000000224. The fourth-order valence-electron chi connectivity index (χ4n) is 7.27. The van der Waals surface area contributed by atoms with Crippen molar-refractivity contribution >= 4 is 92.0 Å². The van der Waals surface area contributed by atoms with E-state index in [0.29, 0.717) is 76.5 Å². The molecule has 0 spiro atoms. The van der Waals surface area contributed by atoms with E-state index < -0.39 is 17.9 Å². The summed E-state index contributed by atoms with van der Waals surface area (Å²) in [6, 6.07) is 18.5. The summed E-state index contributed by atoms with van der Waals surface area (Å²) in [5.74, 6) is -1.75. The average Bonchev–Trinajstić information content (AvgIpc) is 3.63. The molecule has 6 rings (SSSR count). The van der Waals surface area contributed by atoms with E-state index in [1.54, 1.807) is 81.6 Å². The third kappa shape index (κ3) is 8.68. The molecule has 1 N–H and O–H groups in total. The second-order valence-electron chi connectivity index (χ2n) is 14.4. The van der Waals surface area contributed by atoms with Gasteiger partial charge in [-0.1, -0.05) is 74.1 Å². The number of ether oxygens (including phenoxy) is 3. The summed E-state index contributed by atoms with van der Waals surface area (Å²) in [6.45, 7) is 12.6. The predicted molar refractivity (Wildman–Crippen MR) is 234 cm³/mol. The summed E-state index contributed by atoms with van der Waals surface area (Å²) in [5, 5.41) is 12.6. The van der Waals surface area contributed by atoms with E-state index >= 15 is 0 Å². The van der Waals surface area contributed by atoms with Crippen molar-refractivity contribution in [1.82, 2.24) is 9.13 Å². The minimum Gasteiger partial charge on any atom is -0.495 e. The molecule has 10 nitrogen and oxygen atoms in total. The molecule has 0 amide bonds. The first-order valence-corrected chi connectivity index (χ1v) is 20.2. The van der Waals surface area contributed by atoms with Crippen LogP contribution in [0.25, 0.3) is 21.8 Å². The first kappa shape index (κ1) is 45.1. The highest BCUT2D eigenvalue weighted by Gasteiger charge is 2.33. The monoisotopic (exact) mass is 880 g/mol. The molecule has 6 aromatic rings. The number of nitrogens with zero attached hydrogens (tertiary/aromatic N) is 2. The molecule has 0 saturated carbocycles. The number of carbonyl (C=O) groups is 4. The molecule has 0 aliphatic carbocycles. The zero-order valence-corrected chi connectivity index (χ0v) is 37.0. The molecule has 1 unspecified atom stereocenters. The normalized spacial score (nSPS) is 12.2. The highest BCUT2D eigenvalue weighted by molar-refractivity contribution is 6.38. The molecular weight excluding hydrogens is 838 g/mol. The zero-order valence-electron chi connectivity index (χ0n) is 34.0. The number of carbonyl (C=O) groups excluding carboxylic acids is 3. The van der Waals surface area contributed by atoms with Gasteiger partial charge in [-0.15, -0.1) is 0 Å². The number of halogens is 4. The summed E-state index contributed by atoms with van der Waals surface area (Å²) < 4.78 is 19.4. The maximum absolute atomic E-state index is 13.4. The van der Waals surface area contributed by atoms with Crippen molar-refractivity contribution in [3.05, 3.63) is 120 Å². The lowest BCUT2D eigenvalue weighted by Gasteiger charge is -2.18. The lowest BCUT2D eigenvalue weighted by atomic mass is 9.86. The maximum Gasteiger partial charge on any atom is 0.311 e. The minimum absolute atomic E-state index is 0.147. The first-order valence-electron chi connectivity index (χ1n) is 18.7. The molecule has 0 bridgehead atoms. The Morgan fingerprint density at radius 1 is 0.695 bits per heavy atom. The van der Waals surface area contributed by atoms with Crippen LogP contribution in [0.1, 0.15) is 96.1 Å². The van der Waals surface area contributed by atoms with Gasteiger partial charge in [0.2, 0.25) is 0 Å². The molecular formula is C45H44Cl4N2O8. The largest absolute Gasteiger partial charge is 0.495 e.